The Morgan fingerprint density at radius 2 is 1.82 bits per heavy atom. The van der Waals surface area contributed by atoms with Crippen LogP contribution in [-0.4, -0.2) is 41.7 Å². The molecule has 9 heteroatoms. The number of aromatic amines is 1. The third-order valence-electron chi connectivity index (χ3n) is 3.61. The van der Waals surface area contributed by atoms with Gasteiger partial charge in [0.2, 0.25) is 5.95 Å². The van der Waals surface area contributed by atoms with Gasteiger partial charge in [-0.2, -0.15) is 5.10 Å². The van der Waals surface area contributed by atoms with Crippen molar-refractivity contribution < 1.29 is 8.42 Å². The Kier molecular flexibility index (Phi) is 3.73. The molecule has 0 spiro atoms. The molecule has 3 rings (SSSR count). The van der Waals surface area contributed by atoms with Crippen molar-refractivity contribution in [3.05, 3.63) is 23.8 Å². The van der Waals surface area contributed by atoms with Crippen LogP contribution in [0.25, 0.3) is 0 Å². The fraction of sp³-hybridized carbons (Fsp3) is 0.462. The number of hydrogen-bond acceptors (Lipinski definition) is 6. The molecule has 0 aliphatic carbocycles. The van der Waals surface area contributed by atoms with E-state index in [-0.39, 0.29) is 4.90 Å². The first-order chi connectivity index (χ1) is 10.5. The molecule has 0 atom stereocenters. The topological polar surface area (TPSA) is 104 Å². The highest BCUT2D eigenvalue weighted by atomic mass is 32.2. The van der Waals surface area contributed by atoms with E-state index in [9.17, 15) is 8.42 Å². The van der Waals surface area contributed by atoms with Crippen LogP contribution in [0.5, 0.6) is 0 Å². The number of sulfonamides is 1. The van der Waals surface area contributed by atoms with Crippen molar-refractivity contribution >= 4 is 21.7 Å². The summed E-state index contributed by atoms with van der Waals surface area (Å²) in [6.07, 6.45) is 5.25. The lowest BCUT2D eigenvalue weighted by atomic mass is 10.4. The Labute approximate surface area is 129 Å². The van der Waals surface area contributed by atoms with Crippen LogP contribution in [-0.2, 0) is 10.0 Å². The van der Waals surface area contributed by atoms with E-state index in [1.54, 1.807) is 13.8 Å². The standard InChI is InChI=1S/C13H18N6O2S/c1-9-12(10(2)17-16-9)22(20,21)18-11-7-14-13(15-8-11)19-5-3-4-6-19/h7-8,18H,3-6H2,1-2H3,(H,16,17). The number of aromatic nitrogens is 4. The number of H-pyrrole nitrogens is 1. The third kappa shape index (κ3) is 2.76. The molecule has 0 aromatic carbocycles. The Morgan fingerprint density at radius 3 is 2.36 bits per heavy atom. The van der Waals surface area contributed by atoms with Crippen LogP contribution in [0.2, 0.25) is 0 Å². The highest BCUT2D eigenvalue weighted by molar-refractivity contribution is 7.92. The molecule has 1 saturated heterocycles. The van der Waals surface area contributed by atoms with Gasteiger partial charge in [-0.05, 0) is 26.7 Å². The monoisotopic (exact) mass is 322 g/mol. The van der Waals surface area contributed by atoms with Crippen molar-refractivity contribution in [2.24, 2.45) is 0 Å². The second kappa shape index (κ2) is 5.56. The first-order valence-corrected chi connectivity index (χ1v) is 8.57. The molecule has 0 bridgehead atoms. The van der Waals surface area contributed by atoms with Gasteiger partial charge in [-0.15, -0.1) is 0 Å². The van der Waals surface area contributed by atoms with Crippen molar-refractivity contribution in [1.29, 1.82) is 0 Å². The summed E-state index contributed by atoms with van der Waals surface area (Å²) in [5.41, 5.74) is 1.27. The third-order valence-corrected chi connectivity index (χ3v) is 5.25. The van der Waals surface area contributed by atoms with Gasteiger partial charge in [-0.1, -0.05) is 0 Å². The van der Waals surface area contributed by atoms with E-state index in [1.807, 2.05) is 0 Å². The maximum atomic E-state index is 12.4. The molecule has 0 amide bonds. The summed E-state index contributed by atoms with van der Waals surface area (Å²) in [5.74, 6) is 0.635. The molecule has 0 saturated carbocycles. The van der Waals surface area contributed by atoms with Gasteiger partial charge < -0.3 is 4.90 Å². The average Bonchev–Trinajstić information content (AvgIpc) is 3.09. The van der Waals surface area contributed by atoms with Gasteiger partial charge in [-0.3, -0.25) is 9.82 Å². The van der Waals surface area contributed by atoms with Gasteiger partial charge in [0.1, 0.15) is 4.90 Å². The van der Waals surface area contributed by atoms with E-state index in [1.165, 1.54) is 12.4 Å². The van der Waals surface area contributed by atoms with Crippen LogP contribution in [0.1, 0.15) is 24.2 Å². The number of anilines is 2. The van der Waals surface area contributed by atoms with Gasteiger partial charge in [0.15, 0.2) is 0 Å². The van der Waals surface area contributed by atoms with Crippen LogP contribution < -0.4 is 9.62 Å². The largest absolute Gasteiger partial charge is 0.341 e. The SMILES string of the molecule is Cc1n[nH]c(C)c1S(=O)(=O)Nc1cnc(N2CCCC2)nc1. The van der Waals surface area contributed by atoms with Gasteiger partial charge in [0.25, 0.3) is 10.0 Å². The zero-order valence-electron chi connectivity index (χ0n) is 12.5. The van der Waals surface area contributed by atoms with E-state index in [4.69, 9.17) is 0 Å². The Hall–Kier alpha value is -2.16. The first kappa shape index (κ1) is 14.8. The molecule has 118 valence electrons. The predicted octanol–water partition coefficient (Wildman–Crippen LogP) is 1.22. The second-order valence-corrected chi connectivity index (χ2v) is 6.95. The summed E-state index contributed by atoms with van der Waals surface area (Å²) in [4.78, 5) is 10.7. The Balaban J connectivity index is 1.80. The van der Waals surface area contributed by atoms with Crippen molar-refractivity contribution in [2.75, 3.05) is 22.7 Å². The van der Waals surface area contributed by atoms with Gasteiger partial charge >= 0.3 is 0 Å². The molecular formula is C13H18N6O2S. The summed E-state index contributed by atoms with van der Waals surface area (Å²) in [6, 6.07) is 0. The number of hydrogen-bond donors (Lipinski definition) is 2. The van der Waals surface area contributed by atoms with Crippen molar-refractivity contribution in [2.45, 2.75) is 31.6 Å². The maximum Gasteiger partial charge on any atom is 0.265 e. The summed E-state index contributed by atoms with van der Waals surface area (Å²) in [7, 11) is -3.70. The fourth-order valence-corrected chi connectivity index (χ4v) is 4.00. The molecule has 8 nitrogen and oxygen atoms in total. The van der Waals surface area contributed by atoms with E-state index in [2.05, 4.69) is 29.8 Å². The van der Waals surface area contributed by atoms with Crippen LogP contribution in [0.3, 0.4) is 0 Å². The zero-order chi connectivity index (χ0) is 15.7. The number of nitrogens with one attached hydrogen (secondary N) is 2. The van der Waals surface area contributed by atoms with Crippen molar-refractivity contribution in [1.82, 2.24) is 20.2 Å². The number of rotatable bonds is 4. The highest BCUT2D eigenvalue weighted by Crippen LogP contribution is 2.21. The second-order valence-electron chi connectivity index (χ2n) is 5.33. The predicted molar refractivity (Wildman–Crippen MR) is 82.3 cm³/mol. The Bertz CT molecular complexity index is 743. The molecule has 1 fully saturated rings. The van der Waals surface area contributed by atoms with Crippen molar-refractivity contribution in [3.8, 4) is 0 Å². The minimum absolute atomic E-state index is 0.163. The van der Waals surface area contributed by atoms with Crippen LogP contribution >= 0.6 is 0 Å². The average molecular weight is 322 g/mol. The van der Waals surface area contributed by atoms with Crippen molar-refractivity contribution in [3.63, 3.8) is 0 Å². The quantitative estimate of drug-likeness (QED) is 0.877. The van der Waals surface area contributed by atoms with E-state index in [0.717, 1.165) is 25.9 Å². The van der Waals surface area contributed by atoms with Gasteiger partial charge in [-0.25, -0.2) is 18.4 Å². The lowest BCUT2D eigenvalue weighted by Gasteiger charge is -2.15. The lowest BCUT2D eigenvalue weighted by Crippen LogP contribution is -2.21. The molecule has 22 heavy (non-hydrogen) atoms. The minimum atomic E-state index is -3.70. The lowest BCUT2D eigenvalue weighted by molar-refractivity contribution is 0.600. The molecule has 0 unspecified atom stereocenters. The Morgan fingerprint density at radius 1 is 1.18 bits per heavy atom. The number of nitrogens with zero attached hydrogens (tertiary/aromatic N) is 4. The molecule has 2 aromatic heterocycles. The normalized spacial score (nSPS) is 15.3. The summed E-state index contributed by atoms with van der Waals surface area (Å²) >= 11 is 0. The van der Waals surface area contributed by atoms with E-state index >= 15 is 0 Å². The maximum absolute atomic E-state index is 12.4. The molecule has 1 aliphatic rings. The smallest absolute Gasteiger partial charge is 0.265 e. The van der Waals surface area contributed by atoms with Gasteiger partial charge in [0.05, 0.1) is 29.5 Å². The van der Waals surface area contributed by atoms with Crippen LogP contribution in [0, 0.1) is 13.8 Å². The summed E-state index contributed by atoms with van der Waals surface area (Å²) < 4.78 is 27.3. The number of aryl methyl sites for hydroxylation is 2. The van der Waals surface area contributed by atoms with Crippen LogP contribution in [0.4, 0.5) is 11.6 Å². The molecular weight excluding hydrogens is 304 g/mol. The molecule has 2 N–H and O–H groups in total. The highest BCUT2D eigenvalue weighted by Gasteiger charge is 2.23. The molecule has 3 heterocycles. The fourth-order valence-electron chi connectivity index (χ4n) is 2.60. The molecule has 0 radical (unpaired) electrons. The van der Waals surface area contributed by atoms with Gasteiger partial charge in [0, 0.05) is 13.1 Å². The minimum Gasteiger partial charge on any atom is -0.341 e. The van der Waals surface area contributed by atoms with Crippen LogP contribution in [0.15, 0.2) is 17.3 Å². The summed E-state index contributed by atoms with van der Waals surface area (Å²) in [6.45, 7) is 5.20. The summed E-state index contributed by atoms with van der Waals surface area (Å²) in [5, 5.41) is 6.58. The zero-order valence-corrected chi connectivity index (χ0v) is 13.3. The molecule has 1 aliphatic heterocycles. The van der Waals surface area contributed by atoms with E-state index < -0.39 is 10.0 Å². The first-order valence-electron chi connectivity index (χ1n) is 7.09. The molecule has 2 aromatic rings. The van der Waals surface area contributed by atoms with E-state index in [0.29, 0.717) is 23.0 Å².